The predicted octanol–water partition coefficient (Wildman–Crippen LogP) is 5.38. The zero-order valence-corrected chi connectivity index (χ0v) is 29.8. The molecule has 0 saturated carbocycles. The van der Waals surface area contributed by atoms with Crippen LogP contribution in [0.1, 0.15) is 64.8 Å². The van der Waals surface area contributed by atoms with Crippen molar-refractivity contribution in [2.45, 2.75) is 51.6 Å². The zero-order chi connectivity index (χ0) is 35.5. The highest BCUT2D eigenvalue weighted by Crippen LogP contribution is 2.33. The highest BCUT2D eigenvalue weighted by atomic mass is 16.5. The molecule has 2 fully saturated rings. The Morgan fingerprint density at radius 3 is 2.42 bits per heavy atom. The summed E-state index contributed by atoms with van der Waals surface area (Å²) < 4.78 is 18.0. The van der Waals surface area contributed by atoms with Crippen molar-refractivity contribution in [2.75, 3.05) is 77.3 Å². The number of nitrogens with one attached hydrogen (secondary N) is 2. The fourth-order valence-electron chi connectivity index (χ4n) is 6.24. The quantitative estimate of drug-likeness (QED) is 0.218. The van der Waals surface area contributed by atoms with Gasteiger partial charge in [-0.25, -0.2) is 0 Å². The van der Waals surface area contributed by atoms with Crippen LogP contribution in [0, 0.1) is 6.92 Å². The number of likely N-dealkylation sites (N-methyl/N-ethyl adjacent to an activating group) is 1. The van der Waals surface area contributed by atoms with Crippen molar-refractivity contribution in [2.24, 2.45) is 0 Å². The van der Waals surface area contributed by atoms with E-state index in [0.29, 0.717) is 52.8 Å². The Labute approximate surface area is 295 Å². The molecular weight excluding hydrogens is 634 g/mol. The number of benzene rings is 3. The molecule has 0 bridgehead atoms. The normalized spacial score (nSPS) is 15.3. The Morgan fingerprint density at radius 1 is 0.900 bits per heavy atom. The van der Waals surface area contributed by atoms with Crippen LogP contribution in [0.25, 0.3) is 0 Å². The van der Waals surface area contributed by atoms with Gasteiger partial charge in [0.1, 0.15) is 23.4 Å². The zero-order valence-electron chi connectivity index (χ0n) is 29.8. The number of carbonyl (C=O) groups excluding carboxylic acids is 3. The van der Waals surface area contributed by atoms with Gasteiger partial charge in [-0.15, -0.1) is 0 Å². The molecule has 3 aromatic rings. The summed E-state index contributed by atoms with van der Waals surface area (Å²) >= 11 is 0. The van der Waals surface area contributed by atoms with E-state index in [1.165, 1.54) is 7.11 Å². The van der Waals surface area contributed by atoms with E-state index >= 15 is 0 Å². The molecule has 0 aliphatic carbocycles. The fraction of sp³-hybridized carbons (Fsp3) is 0.462. The highest BCUT2D eigenvalue weighted by molar-refractivity contribution is 6.09. The number of aryl methyl sites for hydroxylation is 1. The van der Waals surface area contributed by atoms with Gasteiger partial charge in [0, 0.05) is 45.2 Å². The van der Waals surface area contributed by atoms with Gasteiger partial charge in [0.25, 0.3) is 11.8 Å². The molecule has 11 nitrogen and oxygen atoms in total. The summed E-state index contributed by atoms with van der Waals surface area (Å²) in [5.41, 5.74) is 2.94. The van der Waals surface area contributed by atoms with Gasteiger partial charge in [0.2, 0.25) is 5.91 Å². The minimum atomic E-state index is -0.327. The largest absolute Gasteiger partial charge is 0.495 e. The number of nitrogens with zero attached hydrogens (tertiary/aromatic N) is 3. The lowest BCUT2D eigenvalue weighted by Gasteiger charge is -2.32. The van der Waals surface area contributed by atoms with Gasteiger partial charge in [0.15, 0.2) is 0 Å². The van der Waals surface area contributed by atoms with Crippen LogP contribution in [-0.4, -0.2) is 101 Å². The first-order chi connectivity index (χ1) is 24.2. The lowest BCUT2D eigenvalue weighted by Crippen LogP contribution is -2.47. The van der Waals surface area contributed by atoms with Crippen molar-refractivity contribution in [3.8, 4) is 17.2 Å². The summed E-state index contributed by atoms with van der Waals surface area (Å²) in [5.74, 6) is 1.17. The maximum Gasteiger partial charge on any atom is 0.259 e. The van der Waals surface area contributed by atoms with Crippen LogP contribution >= 0.6 is 0 Å². The standard InChI is InChI=1S/C39H51N5O6/c1-28-13-16-33(36(26-28)49-25-9-5-6-12-37(45)44-23-21-42(2)22-24-44)43(3)39(47)29-14-15-32(35(27-29)48-4)41-38(46)31-10-7-8-11-34(31)50-30-17-19-40-20-18-30/h7-8,10-11,13-16,26-27,30,40H,5-6,9,12,17-25H2,1-4H3,(H,41,46). The highest BCUT2D eigenvalue weighted by Gasteiger charge is 2.23. The lowest BCUT2D eigenvalue weighted by atomic mass is 10.1. The number of ether oxygens (including phenoxy) is 3. The number of piperazine rings is 1. The van der Waals surface area contributed by atoms with Gasteiger partial charge in [-0.3, -0.25) is 14.4 Å². The maximum absolute atomic E-state index is 13.7. The van der Waals surface area contributed by atoms with Gasteiger partial charge >= 0.3 is 0 Å². The molecular formula is C39H51N5O6. The van der Waals surface area contributed by atoms with E-state index in [1.807, 2.05) is 42.2 Å². The van der Waals surface area contributed by atoms with Crippen LogP contribution < -0.4 is 29.7 Å². The van der Waals surface area contributed by atoms with Gasteiger partial charge < -0.3 is 39.5 Å². The number of amides is 3. The smallest absolute Gasteiger partial charge is 0.259 e. The molecule has 2 saturated heterocycles. The van der Waals surface area contributed by atoms with Crippen molar-refractivity contribution in [3.05, 3.63) is 77.4 Å². The van der Waals surface area contributed by atoms with Gasteiger partial charge in [0.05, 0.1) is 30.7 Å². The molecule has 268 valence electrons. The van der Waals surface area contributed by atoms with Crippen molar-refractivity contribution in [1.29, 1.82) is 0 Å². The molecule has 0 aromatic heterocycles. The average Bonchev–Trinajstić information content (AvgIpc) is 3.13. The van der Waals surface area contributed by atoms with Crippen LogP contribution in [0.15, 0.2) is 60.7 Å². The number of anilines is 2. The molecule has 0 atom stereocenters. The molecule has 11 heteroatoms. The molecule has 0 spiro atoms. The molecule has 2 heterocycles. The van der Waals surface area contributed by atoms with Crippen LogP contribution in [0.2, 0.25) is 0 Å². The molecule has 3 amide bonds. The molecule has 0 radical (unpaired) electrons. The van der Waals surface area contributed by atoms with Gasteiger partial charge in [-0.2, -0.15) is 0 Å². The SMILES string of the molecule is COc1cc(C(=O)N(C)c2ccc(C)cc2OCCCCCC(=O)N2CCN(C)CC2)ccc1NC(=O)c1ccccc1OC1CCNCC1. The van der Waals surface area contributed by atoms with E-state index in [0.717, 1.165) is 76.9 Å². The Bertz CT molecular complexity index is 1620. The summed E-state index contributed by atoms with van der Waals surface area (Å²) in [4.78, 5) is 45.5. The third kappa shape index (κ3) is 9.76. The van der Waals surface area contributed by atoms with Crippen LogP contribution in [0.5, 0.6) is 17.2 Å². The summed E-state index contributed by atoms with van der Waals surface area (Å²) in [5, 5.41) is 6.26. The summed E-state index contributed by atoms with van der Waals surface area (Å²) in [6.07, 6.45) is 4.88. The van der Waals surface area contributed by atoms with Gasteiger partial charge in [-0.05, 0) is 107 Å². The van der Waals surface area contributed by atoms with E-state index in [2.05, 4.69) is 22.6 Å². The second kappa shape index (κ2) is 17.9. The number of hydrogen-bond acceptors (Lipinski definition) is 8. The Hall–Kier alpha value is -4.61. The van der Waals surface area contributed by atoms with Gasteiger partial charge in [-0.1, -0.05) is 18.2 Å². The molecule has 2 aliphatic rings. The molecule has 2 aliphatic heterocycles. The third-order valence-electron chi connectivity index (χ3n) is 9.34. The second-order valence-electron chi connectivity index (χ2n) is 13.1. The Balaban J connectivity index is 1.17. The molecule has 5 rings (SSSR count). The number of unbranched alkanes of at least 4 members (excludes halogenated alkanes) is 2. The van der Waals surface area contributed by atoms with E-state index in [-0.39, 0.29) is 23.8 Å². The van der Waals surface area contributed by atoms with Crippen LogP contribution in [0.3, 0.4) is 0 Å². The number of methoxy groups -OCH3 is 1. The fourth-order valence-corrected chi connectivity index (χ4v) is 6.24. The predicted molar refractivity (Wildman–Crippen MR) is 196 cm³/mol. The Kier molecular flexibility index (Phi) is 13.1. The third-order valence-corrected chi connectivity index (χ3v) is 9.34. The maximum atomic E-state index is 13.7. The summed E-state index contributed by atoms with van der Waals surface area (Å²) in [6.45, 7) is 7.70. The molecule has 0 unspecified atom stereocenters. The Morgan fingerprint density at radius 2 is 1.66 bits per heavy atom. The average molecular weight is 686 g/mol. The van der Waals surface area contributed by atoms with E-state index in [4.69, 9.17) is 14.2 Å². The minimum Gasteiger partial charge on any atom is -0.495 e. The van der Waals surface area contributed by atoms with Crippen molar-refractivity contribution < 1.29 is 28.6 Å². The van der Waals surface area contributed by atoms with Crippen LogP contribution in [-0.2, 0) is 4.79 Å². The molecule has 3 aromatic carbocycles. The number of rotatable bonds is 14. The molecule has 2 N–H and O–H groups in total. The number of carbonyl (C=O) groups is 3. The van der Waals surface area contributed by atoms with Crippen molar-refractivity contribution >= 4 is 29.1 Å². The second-order valence-corrected chi connectivity index (χ2v) is 13.1. The summed E-state index contributed by atoms with van der Waals surface area (Å²) in [6, 6.07) is 18.0. The minimum absolute atomic E-state index is 0.0516. The first-order valence-electron chi connectivity index (χ1n) is 17.7. The van der Waals surface area contributed by atoms with E-state index in [9.17, 15) is 14.4 Å². The van der Waals surface area contributed by atoms with E-state index in [1.54, 1.807) is 42.3 Å². The first-order valence-corrected chi connectivity index (χ1v) is 17.7. The lowest BCUT2D eigenvalue weighted by molar-refractivity contribution is -0.132. The van der Waals surface area contributed by atoms with Crippen molar-refractivity contribution in [3.63, 3.8) is 0 Å². The first kappa shape index (κ1) is 36.7. The monoisotopic (exact) mass is 685 g/mol. The van der Waals surface area contributed by atoms with Crippen molar-refractivity contribution in [1.82, 2.24) is 15.1 Å². The number of para-hydroxylation sites is 1. The molecule has 50 heavy (non-hydrogen) atoms. The number of piperidine rings is 1. The summed E-state index contributed by atoms with van der Waals surface area (Å²) in [7, 11) is 5.30. The van der Waals surface area contributed by atoms with E-state index < -0.39 is 0 Å². The topological polar surface area (TPSA) is 113 Å². The number of hydrogen-bond donors (Lipinski definition) is 2. The van der Waals surface area contributed by atoms with Crippen LogP contribution in [0.4, 0.5) is 11.4 Å².